The van der Waals surface area contributed by atoms with E-state index in [1.807, 2.05) is 28.9 Å². The van der Waals surface area contributed by atoms with Crippen LogP contribution < -0.4 is 10.2 Å². The molecule has 2 rings (SSSR count). The van der Waals surface area contributed by atoms with E-state index in [9.17, 15) is 4.79 Å². The molecule has 2 aromatic rings. The van der Waals surface area contributed by atoms with E-state index in [-0.39, 0.29) is 17.7 Å². The smallest absolute Gasteiger partial charge is 0.255 e. The van der Waals surface area contributed by atoms with Crippen LogP contribution in [0.15, 0.2) is 24.3 Å². The average molecular weight is 378 g/mol. The van der Waals surface area contributed by atoms with Crippen LogP contribution in [0.4, 0.5) is 0 Å². The quantitative estimate of drug-likeness (QED) is 0.779. The maximum atomic E-state index is 13.0. The molecule has 1 amide bonds. The van der Waals surface area contributed by atoms with Crippen molar-refractivity contribution in [2.24, 2.45) is 0 Å². The summed E-state index contributed by atoms with van der Waals surface area (Å²) in [5.41, 5.74) is 3.19. The first-order chi connectivity index (χ1) is 12.2. The van der Waals surface area contributed by atoms with Gasteiger partial charge in [-0.2, -0.15) is 5.10 Å². The van der Waals surface area contributed by atoms with E-state index in [4.69, 9.17) is 16.7 Å². The molecule has 0 radical (unpaired) electrons. The number of hydrogen-bond acceptors (Lipinski definition) is 2. The van der Waals surface area contributed by atoms with Crippen LogP contribution in [-0.4, -0.2) is 42.9 Å². The van der Waals surface area contributed by atoms with Gasteiger partial charge in [0, 0.05) is 0 Å². The number of para-hydroxylation sites is 1. The molecule has 1 aromatic heterocycles. The Kier molecular flexibility index (Phi) is 6.84. The van der Waals surface area contributed by atoms with E-state index in [2.05, 4.69) is 47.1 Å². The summed E-state index contributed by atoms with van der Waals surface area (Å²) in [4.78, 5) is 14.3. The van der Waals surface area contributed by atoms with Crippen molar-refractivity contribution in [1.82, 2.24) is 15.1 Å². The average Bonchev–Trinajstić information content (AvgIpc) is 2.95. The summed E-state index contributed by atoms with van der Waals surface area (Å²) in [6.45, 7) is 9.78. The Hall–Kier alpha value is -1.85. The Morgan fingerprint density at radius 2 is 1.85 bits per heavy atom. The molecule has 0 fully saturated rings. The van der Waals surface area contributed by atoms with Crippen molar-refractivity contribution in [2.75, 3.05) is 27.2 Å². The highest BCUT2D eigenvalue weighted by Crippen LogP contribution is 2.31. The van der Waals surface area contributed by atoms with Gasteiger partial charge in [0.05, 0.1) is 54.8 Å². The first kappa shape index (κ1) is 20.5. The third-order valence-electron chi connectivity index (χ3n) is 4.26. The zero-order chi connectivity index (χ0) is 19.4. The lowest BCUT2D eigenvalue weighted by molar-refractivity contribution is -0.856. The van der Waals surface area contributed by atoms with Gasteiger partial charge in [-0.25, -0.2) is 4.68 Å². The monoisotopic (exact) mass is 377 g/mol. The molecular formula is C20H30ClN4O+. The first-order valence-electron chi connectivity index (χ1n) is 9.19. The van der Waals surface area contributed by atoms with Gasteiger partial charge in [0.25, 0.3) is 5.91 Å². The number of halogens is 1. The van der Waals surface area contributed by atoms with Gasteiger partial charge in [0.1, 0.15) is 0 Å². The van der Waals surface area contributed by atoms with Gasteiger partial charge < -0.3 is 10.2 Å². The summed E-state index contributed by atoms with van der Waals surface area (Å²) in [6, 6.07) is 7.60. The molecule has 1 aromatic carbocycles. The molecular weight excluding hydrogens is 348 g/mol. The summed E-state index contributed by atoms with van der Waals surface area (Å²) in [5.74, 6) is 0.208. The van der Waals surface area contributed by atoms with Gasteiger partial charge >= 0.3 is 0 Å². The van der Waals surface area contributed by atoms with Gasteiger partial charge in [-0.1, -0.05) is 51.4 Å². The molecule has 2 N–H and O–H groups in total. The summed E-state index contributed by atoms with van der Waals surface area (Å²) in [7, 11) is 4.14. The highest BCUT2D eigenvalue weighted by molar-refractivity contribution is 6.32. The van der Waals surface area contributed by atoms with Crippen LogP contribution in [0.5, 0.6) is 0 Å². The number of nitrogens with one attached hydrogen (secondary N) is 2. The second kappa shape index (κ2) is 8.69. The number of amides is 1. The fourth-order valence-electron chi connectivity index (χ4n) is 2.94. The number of benzene rings is 1. The number of hydrogen-bond donors (Lipinski definition) is 2. The molecule has 0 saturated carbocycles. The van der Waals surface area contributed by atoms with Crippen molar-refractivity contribution >= 4 is 17.5 Å². The molecule has 0 atom stereocenters. The Morgan fingerprint density at radius 3 is 2.38 bits per heavy atom. The van der Waals surface area contributed by atoms with E-state index < -0.39 is 0 Å². The molecule has 0 aliphatic heterocycles. The summed E-state index contributed by atoms with van der Waals surface area (Å²) >= 11 is 6.41. The van der Waals surface area contributed by atoms with Crippen molar-refractivity contribution in [3.63, 3.8) is 0 Å². The molecule has 0 unspecified atom stereocenters. The maximum Gasteiger partial charge on any atom is 0.255 e. The second-order valence-electron chi connectivity index (χ2n) is 7.53. The van der Waals surface area contributed by atoms with Crippen LogP contribution in [0.3, 0.4) is 0 Å². The predicted molar refractivity (Wildman–Crippen MR) is 107 cm³/mol. The van der Waals surface area contributed by atoms with Crippen LogP contribution >= 0.6 is 11.6 Å². The van der Waals surface area contributed by atoms with E-state index in [0.717, 1.165) is 23.6 Å². The van der Waals surface area contributed by atoms with Crippen molar-refractivity contribution in [2.45, 2.75) is 39.5 Å². The van der Waals surface area contributed by atoms with E-state index >= 15 is 0 Å². The largest absolute Gasteiger partial charge is 0.346 e. The molecule has 0 spiro atoms. The van der Waals surface area contributed by atoms with Crippen LogP contribution in [0, 0.1) is 0 Å². The zero-order valence-electron chi connectivity index (χ0n) is 16.6. The number of aromatic nitrogens is 2. The number of carbonyl (C=O) groups is 1. The first-order valence-corrected chi connectivity index (χ1v) is 9.56. The Morgan fingerprint density at radius 1 is 1.19 bits per heavy atom. The molecule has 6 heteroatoms. The van der Waals surface area contributed by atoms with Gasteiger partial charge in [0.2, 0.25) is 0 Å². The molecule has 0 aliphatic rings. The summed E-state index contributed by atoms with van der Waals surface area (Å²) in [5, 5.41) is 8.47. The van der Waals surface area contributed by atoms with E-state index in [0.29, 0.717) is 17.1 Å². The van der Waals surface area contributed by atoms with Crippen LogP contribution in [0.25, 0.3) is 5.69 Å². The fourth-order valence-corrected chi connectivity index (χ4v) is 3.16. The van der Waals surface area contributed by atoms with Crippen LogP contribution in [-0.2, 0) is 0 Å². The van der Waals surface area contributed by atoms with Crippen LogP contribution in [0.2, 0.25) is 5.02 Å². The second-order valence-corrected chi connectivity index (χ2v) is 7.94. The van der Waals surface area contributed by atoms with Crippen molar-refractivity contribution in [3.8, 4) is 5.69 Å². The number of carbonyl (C=O) groups excluding carboxylic acids is 1. The molecule has 0 bridgehead atoms. The van der Waals surface area contributed by atoms with Crippen LogP contribution in [0.1, 0.15) is 61.3 Å². The minimum absolute atomic E-state index is 0.0584. The van der Waals surface area contributed by atoms with Crippen molar-refractivity contribution in [1.29, 1.82) is 0 Å². The van der Waals surface area contributed by atoms with E-state index in [1.165, 1.54) is 4.90 Å². The lowest BCUT2D eigenvalue weighted by Crippen LogP contribution is -3.06. The zero-order valence-corrected chi connectivity index (χ0v) is 17.3. The Balaban J connectivity index is 2.55. The maximum absolute atomic E-state index is 13.0. The van der Waals surface area contributed by atoms with E-state index in [1.54, 1.807) is 0 Å². The van der Waals surface area contributed by atoms with Gasteiger partial charge in [0.15, 0.2) is 0 Å². The highest BCUT2D eigenvalue weighted by atomic mass is 35.5. The van der Waals surface area contributed by atoms with Gasteiger partial charge in [-0.3, -0.25) is 4.79 Å². The molecule has 1 heterocycles. The molecule has 5 nitrogen and oxygen atoms in total. The number of rotatable bonds is 7. The number of likely N-dealkylation sites (N-methyl/N-ethyl adjacent to an activating group) is 1. The van der Waals surface area contributed by atoms with Gasteiger partial charge in [-0.15, -0.1) is 0 Å². The molecule has 0 saturated heterocycles. The topological polar surface area (TPSA) is 51.4 Å². The number of quaternary nitrogens is 1. The third kappa shape index (κ3) is 4.46. The minimum Gasteiger partial charge on any atom is -0.346 e. The van der Waals surface area contributed by atoms with Crippen molar-refractivity contribution in [3.05, 3.63) is 46.2 Å². The van der Waals surface area contributed by atoms with Gasteiger partial charge in [-0.05, 0) is 24.0 Å². The lowest BCUT2D eigenvalue weighted by Gasteiger charge is -2.14. The number of nitrogens with zero attached hydrogens (tertiary/aromatic N) is 2. The third-order valence-corrected chi connectivity index (χ3v) is 4.58. The predicted octanol–water partition coefficient (Wildman–Crippen LogP) is 2.65. The minimum atomic E-state index is -0.0584. The molecule has 26 heavy (non-hydrogen) atoms. The SMILES string of the molecule is CC(C)c1nn(-c2ccccc2Cl)c(C(C)C)c1C(=O)NCC[NH+](C)C. The molecule has 0 aliphatic carbocycles. The highest BCUT2D eigenvalue weighted by Gasteiger charge is 2.28. The Labute approximate surface area is 161 Å². The Bertz CT molecular complexity index is 765. The summed E-state index contributed by atoms with van der Waals surface area (Å²) in [6.07, 6.45) is 0. The lowest BCUT2D eigenvalue weighted by atomic mass is 9.98. The fraction of sp³-hybridized carbons (Fsp3) is 0.500. The summed E-state index contributed by atoms with van der Waals surface area (Å²) < 4.78 is 1.84. The van der Waals surface area contributed by atoms with Crippen molar-refractivity contribution < 1.29 is 9.69 Å². The molecule has 142 valence electrons. The standard InChI is InChI=1S/C20H29ClN4O/c1-13(2)18-17(20(26)22-11-12-24(5)6)19(14(3)4)25(23-18)16-10-8-7-9-15(16)21/h7-10,13-14H,11-12H2,1-6H3,(H,22,26)/p+1. The normalized spacial score (nSPS) is 11.6.